The first-order valence-electron chi connectivity index (χ1n) is 8.39. The first-order chi connectivity index (χ1) is 12.7. The molecular formula is C22H21BrO3. The van der Waals surface area contributed by atoms with Crippen LogP contribution in [0.1, 0.15) is 16.7 Å². The third-order valence-corrected chi connectivity index (χ3v) is 4.78. The van der Waals surface area contributed by atoms with Crippen LogP contribution in [0.5, 0.6) is 5.75 Å². The van der Waals surface area contributed by atoms with Crippen LogP contribution in [0.25, 0.3) is 0 Å². The molecule has 3 aromatic rings. The predicted molar refractivity (Wildman–Crippen MR) is 107 cm³/mol. The SMILES string of the molecule is COc1ccc(C(OC(Br)CO)(c2ccccc2)c2ccccc2)cc1. The Bertz CT molecular complexity index is 764. The molecule has 0 aliphatic heterocycles. The van der Waals surface area contributed by atoms with Gasteiger partial charge < -0.3 is 14.6 Å². The minimum atomic E-state index is -0.869. The Labute approximate surface area is 162 Å². The fourth-order valence-electron chi connectivity index (χ4n) is 3.10. The second kappa shape index (κ2) is 8.49. The Kier molecular flexibility index (Phi) is 6.09. The van der Waals surface area contributed by atoms with Crippen molar-refractivity contribution in [1.29, 1.82) is 0 Å². The van der Waals surface area contributed by atoms with Crippen molar-refractivity contribution in [3.8, 4) is 5.75 Å². The highest BCUT2D eigenvalue weighted by Gasteiger charge is 2.39. The molecule has 0 heterocycles. The molecule has 0 aromatic heterocycles. The molecule has 0 aliphatic carbocycles. The van der Waals surface area contributed by atoms with E-state index in [4.69, 9.17) is 9.47 Å². The van der Waals surface area contributed by atoms with Gasteiger partial charge in [-0.05, 0) is 28.8 Å². The van der Waals surface area contributed by atoms with Gasteiger partial charge in [0.25, 0.3) is 0 Å². The van der Waals surface area contributed by atoms with Crippen molar-refractivity contribution in [3.05, 3.63) is 102 Å². The van der Waals surface area contributed by atoms with E-state index in [9.17, 15) is 5.11 Å². The number of hydrogen-bond donors (Lipinski definition) is 1. The summed E-state index contributed by atoms with van der Waals surface area (Å²) in [5.41, 5.74) is 2.04. The first kappa shape index (κ1) is 18.6. The summed E-state index contributed by atoms with van der Waals surface area (Å²) in [6.45, 7) is -0.141. The lowest BCUT2D eigenvalue weighted by atomic mass is 9.80. The van der Waals surface area contributed by atoms with Crippen LogP contribution in [0, 0.1) is 0 Å². The Morgan fingerprint density at radius 1 is 0.808 bits per heavy atom. The van der Waals surface area contributed by atoms with Crippen LogP contribution in [-0.2, 0) is 10.3 Å². The maximum absolute atomic E-state index is 9.63. The molecule has 0 radical (unpaired) electrons. The summed E-state index contributed by atoms with van der Waals surface area (Å²) in [6.07, 6.45) is 0. The second-order valence-corrected chi connectivity index (χ2v) is 6.87. The quantitative estimate of drug-likeness (QED) is 0.450. The number of aliphatic hydroxyl groups is 1. The fourth-order valence-corrected chi connectivity index (χ4v) is 3.39. The Balaban J connectivity index is 2.26. The van der Waals surface area contributed by atoms with Gasteiger partial charge in [-0.3, -0.25) is 0 Å². The summed E-state index contributed by atoms with van der Waals surface area (Å²) < 4.78 is 11.8. The van der Waals surface area contributed by atoms with Gasteiger partial charge >= 0.3 is 0 Å². The number of ether oxygens (including phenoxy) is 2. The van der Waals surface area contributed by atoms with Crippen LogP contribution >= 0.6 is 15.9 Å². The zero-order valence-corrected chi connectivity index (χ0v) is 16.1. The normalized spacial score (nSPS) is 12.6. The minimum absolute atomic E-state index is 0.141. The van der Waals surface area contributed by atoms with Crippen molar-refractivity contribution in [2.24, 2.45) is 0 Å². The lowest BCUT2D eigenvalue weighted by Gasteiger charge is -2.37. The van der Waals surface area contributed by atoms with E-state index in [0.717, 1.165) is 22.4 Å². The Hall–Kier alpha value is -2.14. The maximum atomic E-state index is 9.63. The van der Waals surface area contributed by atoms with Crippen LogP contribution in [0.15, 0.2) is 84.9 Å². The van der Waals surface area contributed by atoms with Gasteiger partial charge in [-0.15, -0.1) is 0 Å². The van der Waals surface area contributed by atoms with Crippen molar-refractivity contribution in [3.63, 3.8) is 0 Å². The highest BCUT2D eigenvalue weighted by atomic mass is 79.9. The molecule has 0 amide bonds. The predicted octanol–water partition coefficient (Wildman–Crippen LogP) is 4.72. The Morgan fingerprint density at radius 2 is 1.27 bits per heavy atom. The molecule has 3 aromatic carbocycles. The summed E-state index contributed by atoms with van der Waals surface area (Å²) in [5, 5.41) is 9.11. The highest BCUT2D eigenvalue weighted by Crippen LogP contribution is 2.42. The van der Waals surface area contributed by atoms with Gasteiger partial charge in [-0.2, -0.15) is 0 Å². The van der Waals surface area contributed by atoms with E-state index < -0.39 is 10.6 Å². The van der Waals surface area contributed by atoms with Gasteiger partial charge in [0.2, 0.25) is 0 Å². The molecule has 3 rings (SSSR count). The first-order valence-corrected chi connectivity index (χ1v) is 9.30. The zero-order valence-electron chi connectivity index (χ0n) is 14.5. The molecule has 1 atom stereocenters. The minimum Gasteiger partial charge on any atom is -0.497 e. The standard InChI is InChI=1S/C22H21BrO3/c1-25-20-14-12-19(13-15-20)22(26-21(23)16-24,17-8-4-2-5-9-17)18-10-6-3-7-11-18/h2-15,21,24H,16H2,1H3. The van der Waals surface area contributed by atoms with Crippen molar-refractivity contribution in [1.82, 2.24) is 0 Å². The van der Waals surface area contributed by atoms with E-state index in [1.165, 1.54) is 0 Å². The topological polar surface area (TPSA) is 38.7 Å². The number of aliphatic hydroxyl groups excluding tert-OH is 1. The molecule has 1 N–H and O–H groups in total. The van der Waals surface area contributed by atoms with Crippen molar-refractivity contribution in [2.45, 2.75) is 10.6 Å². The third-order valence-electron chi connectivity index (χ3n) is 4.31. The van der Waals surface area contributed by atoms with Crippen LogP contribution in [0.4, 0.5) is 0 Å². The van der Waals surface area contributed by atoms with Gasteiger partial charge in [0, 0.05) is 0 Å². The van der Waals surface area contributed by atoms with Gasteiger partial charge in [0.15, 0.2) is 0 Å². The number of methoxy groups -OCH3 is 1. The average Bonchev–Trinajstić information content (AvgIpc) is 2.73. The number of benzene rings is 3. The molecule has 4 heteroatoms. The van der Waals surface area contributed by atoms with Gasteiger partial charge in [-0.25, -0.2) is 0 Å². The number of hydrogen-bond acceptors (Lipinski definition) is 3. The van der Waals surface area contributed by atoms with Gasteiger partial charge in [-0.1, -0.05) is 88.7 Å². The lowest BCUT2D eigenvalue weighted by molar-refractivity contribution is -0.0223. The van der Waals surface area contributed by atoms with E-state index in [1.54, 1.807) is 7.11 Å². The summed E-state index contributed by atoms with van der Waals surface area (Å²) in [5.74, 6) is 0.779. The molecule has 0 aliphatic rings. The zero-order chi connectivity index (χ0) is 18.4. The number of rotatable bonds is 7. The largest absolute Gasteiger partial charge is 0.497 e. The monoisotopic (exact) mass is 412 g/mol. The van der Waals surface area contributed by atoms with Crippen LogP contribution in [0.2, 0.25) is 0 Å². The molecule has 134 valence electrons. The van der Waals surface area contributed by atoms with Gasteiger partial charge in [0.1, 0.15) is 16.4 Å². The fraction of sp³-hybridized carbons (Fsp3) is 0.182. The highest BCUT2D eigenvalue weighted by molar-refractivity contribution is 9.09. The smallest absolute Gasteiger partial charge is 0.145 e. The molecule has 0 saturated heterocycles. The summed E-state index contributed by atoms with van der Waals surface area (Å²) in [7, 11) is 1.65. The molecule has 1 unspecified atom stereocenters. The molecule has 26 heavy (non-hydrogen) atoms. The molecule has 0 bridgehead atoms. The van der Waals surface area contributed by atoms with E-state index in [2.05, 4.69) is 15.9 Å². The van der Waals surface area contributed by atoms with E-state index >= 15 is 0 Å². The van der Waals surface area contributed by atoms with Crippen LogP contribution in [0.3, 0.4) is 0 Å². The molecule has 0 fully saturated rings. The molecular weight excluding hydrogens is 392 g/mol. The average molecular weight is 413 g/mol. The second-order valence-electron chi connectivity index (χ2n) is 5.85. The van der Waals surface area contributed by atoms with E-state index in [-0.39, 0.29) is 6.61 Å². The summed E-state index contributed by atoms with van der Waals surface area (Å²) in [6, 6.07) is 27.9. The van der Waals surface area contributed by atoms with Crippen LogP contribution in [-0.4, -0.2) is 23.8 Å². The Morgan fingerprint density at radius 3 is 1.69 bits per heavy atom. The van der Waals surface area contributed by atoms with Gasteiger partial charge in [0.05, 0.1) is 13.7 Å². The maximum Gasteiger partial charge on any atom is 0.145 e. The summed E-state index contributed by atoms with van der Waals surface area (Å²) >= 11 is 3.44. The third kappa shape index (κ3) is 3.68. The van der Waals surface area contributed by atoms with Crippen molar-refractivity contribution >= 4 is 15.9 Å². The molecule has 3 nitrogen and oxygen atoms in total. The van der Waals surface area contributed by atoms with Crippen molar-refractivity contribution in [2.75, 3.05) is 13.7 Å². The molecule has 0 saturated carbocycles. The lowest BCUT2D eigenvalue weighted by Crippen LogP contribution is -2.36. The summed E-state index contributed by atoms with van der Waals surface area (Å²) in [4.78, 5) is 0. The van der Waals surface area contributed by atoms with Crippen LogP contribution < -0.4 is 4.74 Å². The van der Waals surface area contributed by atoms with E-state index in [1.807, 2.05) is 84.9 Å². The van der Waals surface area contributed by atoms with Crippen molar-refractivity contribution < 1.29 is 14.6 Å². The van der Waals surface area contributed by atoms with E-state index in [0.29, 0.717) is 0 Å². The number of alkyl halides is 1. The number of halogens is 1. The molecule has 0 spiro atoms.